The smallest absolute Gasteiger partial charge is 0.205 e. The largest absolute Gasteiger partial charge is 0.411 e. The van der Waals surface area contributed by atoms with Crippen LogP contribution in [0.2, 0.25) is 13.1 Å². The van der Waals surface area contributed by atoms with E-state index in [1.165, 1.54) is 6.33 Å². The van der Waals surface area contributed by atoms with Gasteiger partial charge >= 0.3 is 0 Å². The Morgan fingerprint density at radius 1 is 1.36 bits per heavy atom. The molecule has 1 aliphatic heterocycles. The zero-order valence-corrected chi connectivity index (χ0v) is 16.3. The quantitative estimate of drug-likeness (QED) is 0.795. The molecule has 137 valence electrons. The highest BCUT2D eigenvalue weighted by Crippen LogP contribution is 2.38. The van der Waals surface area contributed by atoms with Crippen molar-refractivity contribution in [3.63, 3.8) is 0 Å². The third kappa shape index (κ3) is 3.55. The second kappa shape index (κ2) is 6.64. The number of nitrogens with zero attached hydrogens (tertiary/aromatic N) is 4. The van der Waals surface area contributed by atoms with Crippen molar-refractivity contribution >= 4 is 26.0 Å². The Balaban J connectivity index is 1.88. The highest BCUT2D eigenvalue weighted by molar-refractivity contribution is 6.48. The molecule has 2 aromatic heterocycles. The average Bonchev–Trinajstić information content (AvgIpc) is 3.07. The molecule has 0 aliphatic carbocycles. The second-order valence-corrected chi connectivity index (χ2v) is 9.82. The van der Waals surface area contributed by atoms with Crippen LogP contribution in [0.15, 0.2) is 12.7 Å². The number of nitrogen functional groups attached to an aromatic ring is 1. The first kappa shape index (κ1) is 18.2. The van der Waals surface area contributed by atoms with Gasteiger partial charge in [-0.2, -0.15) is 0 Å². The van der Waals surface area contributed by atoms with Crippen LogP contribution in [0, 0.1) is 5.41 Å². The predicted molar refractivity (Wildman–Crippen MR) is 96.1 cm³/mol. The maximum absolute atomic E-state index is 10.6. The summed E-state index contributed by atoms with van der Waals surface area (Å²) < 4.78 is 14.2. The van der Waals surface area contributed by atoms with E-state index in [0.29, 0.717) is 23.4 Å². The van der Waals surface area contributed by atoms with Crippen LogP contribution in [0.5, 0.6) is 0 Å². The summed E-state index contributed by atoms with van der Waals surface area (Å²) in [6.07, 6.45) is 1.95. The van der Waals surface area contributed by atoms with Gasteiger partial charge in [0.25, 0.3) is 0 Å². The minimum Gasteiger partial charge on any atom is -0.411 e. The van der Waals surface area contributed by atoms with E-state index >= 15 is 0 Å². The predicted octanol–water partition coefficient (Wildman–Crippen LogP) is 1.74. The summed E-state index contributed by atoms with van der Waals surface area (Å²) in [4.78, 5) is 12.4. The highest BCUT2D eigenvalue weighted by atomic mass is 28.3. The van der Waals surface area contributed by atoms with E-state index in [9.17, 15) is 5.11 Å². The van der Waals surface area contributed by atoms with E-state index in [-0.39, 0.29) is 17.6 Å². The summed E-state index contributed by atoms with van der Waals surface area (Å²) in [6.45, 7) is 10.6. The molecule has 4 atom stereocenters. The SMILES string of the molecule is C[Si](C)OC([C@H]1C[C@H](O)[C@H](n2cnc3c(N)ncnc32)O1)C(C)(C)C. The number of hydrogen-bond donors (Lipinski definition) is 2. The van der Waals surface area contributed by atoms with Crippen LogP contribution in [0.3, 0.4) is 0 Å². The highest BCUT2D eigenvalue weighted by Gasteiger charge is 2.44. The molecule has 1 aliphatic rings. The van der Waals surface area contributed by atoms with Gasteiger partial charge in [0.2, 0.25) is 9.04 Å². The fourth-order valence-corrected chi connectivity index (χ4v) is 4.26. The van der Waals surface area contributed by atoms with E-state index in [1.807, 2.05) is 0 Å². The number of aromatic nitrogens is 4. The van der Waals surface area contributed by atoms with Gasteiger partial charge in [-0.15, -0.1) is 0 Å². The molecule has 1 fully saturated rings. The Bertz CT molecular complexity index is 745. The van der Waals surface area contributed by atoms with Crippen LogP contribution in [0.1, 0.15) is 33.4 Å². The van der Waals surface area contributed by atoms with Gasteiger partial charge in [0.1, 0.15) is 17.9 Å². The topological polar surface area (TPSA) is 108 Å². The molecule has 0 spiro atoms. The maximum Gasteiger partial charge on any atom is 0.205 e. The minimum absolute atomic E-state index is 0.0921. The monoisotopic (exact) mass is 364 g/mol. The van der Waals surface area contributed by atoms with Crippen LogP contribution in [0.4, 0.5) is 5.82 Å². The maximum atomic E-state index is 10.6. The van der Waals surface area contributed by atoms with E-state index < -0.39 is 21.4 Å². The molecule has 1 unspecified atom stereocenters. The van der Waals surface area contributed by atoms with Gasteiger partial charge in [0.05, 0.1) is 18.5 Å². The van der Waals surface area contributed by atoms with Crippen molar-refractivity contribution < 1.29 is 14.3 Å². The summed E-state index contributed by atoms with van der Waals surface area (Å²) in [5.41, 5.74) is 6.82. The third-order valence-electron chi connectivity index (χ3n) is 4.33. The van der Waals surface area contributed by atoms with Crippen LogP contribution < -0.4 is 5.73 Å². The van der Waals surface area contributed by atoms with Crippen molar-refractivity contribution in [2.45, 2.75) is 64.8 Å². The van der Waals surface area contributed by atoms with Gasteiger partial charge in [0, 0.05) is 6.42 Å². The van der Waals surface area contributed by atoms with Crippen molar-refractivity contribution in [2.24, 2.45) is 5.41 Å². The fourth-order valence-electron chi connectivity index (χ4n) is 3.25. The lowest BCUT2D eigenvalue weighted by atomic mass is 9.85. The summed E-state index contributed by atoms with van der Waals surface area (Å²) in [6, 6.07) is 0. The molecule has 3 heterocycles. The lowest BCUT2D eigenvalue weighted by Gasteiger charge is -2.36. The Morgan fingerprint density at radius 2 is 2.08 bits per heavy atom. The Kier molecular flexibility index (Phi) is 4.84. The molecule has 0 aromatic carbocycles. The molecule has 0 saturated carbocycles. The van der Waals surface area contributed by atoms with Crippen LogP contribution in [-0.4, -0.2) is 52.0 Å². The Hall–Kier alpha value is -1.55. The van der Waals surface area contributed by atoms with Gasteiger partial charge in [-0.1, -0.05) is 20.8 Å². The second-order valence-electron chi connectivity index (χ2n) is 7.76. The number of aliphatic hydroxyl groups excluding tert-OH is 1. The lowest BCUT2D eigenvalue weighted by Crippen LogP contribution is -2.42. The van der Waals surface area contributed by atoms with Crippen LogP contribution in [0.25, 0.3) is 11.2 Å². The Labute approximate surface area is 149 Å². The number of aliphatic hydroxyl groups is 1. The standard InChI is InChI=1S/C16H26N5O3Si/c1-16(2,3)12(24-25(4)5)10-6-9(22)15(23-10)21-8-20-11-13(17)18-7-19-14(11)21/h7-10,12,15,22H,6H2,1-5H3,(H2,17,18,19)/t9-,10+,12?,15+/m0/s1. The molecule has 9 heteroatoms. The van der Waals surface area contributed by atoms with Crippen LogP contribution >= 0.6 is 0 Å². The molecular formula is C16H26N5O3Si. The summed E-state index contributed by atoms with van der Waals surface area (Å²) in [7, 11) is -0.898. The summed E-state index contributed by atoms with van der Waals surface area (Å²) >= 11 is 0. The van der Waals surface area contributed by atoms with Crippen molar-refractivity contribution in [3.8, 4) is 0 Å². The third-order valence-corrected chi connectivity index (χ3v) is 5.06. The molecule has 1 radical (unpaired) electrons. The van der Waals surface area contributed by atoms with Crippen molar-refractivity contribution in [1.82, 2.24) is 19.5 Å². The van der Waals surface area contributed by atoms with E-state index in [1.54, 1.807) is 10.9 Å². The zero-order valence-electron chi connectivity index (χ0n) is 15.3. The van der Waals surface area contributed by atoms with Gasteiger partial charge in [0.15, 0.2) is 17.7 Å². The zero-order chi connectivity index (χ0) is 18.4. The molecule has 2 aromatic rings. The number of fused-ring (bicyclic) bond motifs is 1. The Morgan fingerprint density at radius 3 is 2.72 bits per heavy atom. The molecule has 3 rings (SSSR count). The molecule has 0 amide bonds. The van der Waals surface area contributed by atoms with Gasteiger partial charge in [-0.3, -0.25) is 4.57 Å². The van der Waals surface area contributed by atoms with E-state index in [0.717, 1.165) is 0 Å². The number of nitrogens with two attached hydrogens (primary N) is 1. The normalized spacial score (nSPS) is 25.8. The molecule has 0 bridgehead atoms. The first-order valence-electron chi connectivity index (χ1n) is 8.42. The van der Waals surface area contributed by atoms with Gasteiger partial charge in [-0.05, 0) is 18.5 Å². The molecule has 8 nitrogen and oxygen atoms in total. The van der Waals surface area contributed by atoms with Crippen molar-refractivity contribution in [1.29, 1.82) is 0 Å². The number of hydrogen-bond acceptors (Lipinski definition) is 7. The van der Waals surface area contributed by atoms with Crippen molar-refractivity contribution in [2.75, 3.05) is 5.73 Å². The molecule has 3 N–H and O–H groups in total. The summed E-state index contributed by atoms with van der Waals surface area (Å²) in [5, 5.41) is 10.6. The number of imidazole rings is 1. The van der Waals surface area contributed by atoms with Crippen LogP contribution in [-0.2, 0) is 9.16 Å². The summed E-state index contributed by atoms with van der Waals surface area (Å²) in [5.74, 6) is 0.313. The molecule has 25 heavy (non-hydrogen) atoms. The molecule has 1 saturated heterocycles. The first-order valence-corrected chi connectivity index (χ1v) is 10.8. The van der Waals surface area contributed by atoms with Crippen molar-refractivity contribution in [3.05, 3.63) is 12.7 Å². The average molecular weight is 365 g/mol. The lowest BCUT2D eigenvalue weighted by molar-refractivity contribution is -0.0934. The van der Waals surface area contributed by atoms with Gasteiger partial charge < -0.3 is 20.0 Å². The number of ether oxygens (including phenoxy) is 1. The van der Waals surface area contributed by atoms with E-state index in [2.05, 4.69) is 48.8 Å². The van der Waals surface area contributed by atoms with Gasteiger partial charge in [-0.25, -0.2) is 15.0 Å². The fraction of sp³-hybridized carbons (Fsp3) is 0.688. The first-order chi connectivity index (χ1) is 11.7. The minimum atomic E-state index is -0.898. The number of rotatable bonds is 4. The number of anilines is 1. The molecular weight excluding hydrogens is 338 g/mol. The van der Waals surface area contributed by atoms with E-state index in [4.69, 9.17) is 14.9 Å².